The Morgan fingerprint density at radius 1 is 1.17 bits per heavy atom. The molecular weight excluding hydrogens is 150 g/mol. The summed E-state index contributed by atoms with van der Waals surface area (Å²) in [5.41, 5.74) is 1.90. The molecule has 0 fully saturated rings. The maximum Gasteiger partial charge on any atom is 0.167 e. The highest BCUT2D eigenvalue weighted by Crippen LogP contribution is 2.17. The second-order valence-electron chi connectivity index (χ2n) is 2.62. The van der Waals surface area contributed by atoms with Crippen LogP contribution in [0.15, 0.2) is 30.3 Å². The Labute approximate surface area is 71.5 Å². The summed E-state index contributed by atoms with van der Waals surface area (Å²) in [6.45, 7) is 0. The molecule has 1 aliphatic rings. The lowest BCUT2D eigenvalue weighted by Crippen LogP contribution is -2.02. The number of benzene rings is 1. The van der Waals surface area contributed by atoms with E-state index >= 15 is 0 Å². The average Bonchev–Trinajstić information content (AvgIpc) is 2.06. The first-order valence-electron chi connectivity index (χ1n) is 3.67. The standard InChI is InChI=1S/C10H8O.H3N/c11-10-7-3-5-8-4-1-2-6-9(8)10;/h1-6H,7H2;1H3. The molecule has 2 nitrogen and oxygen atoms in total. The molecule has 0 radical (unpaired) electrons. The van der Waals surface area contributed by atoms with Crippen LogP contribution in [0.1, 0.15) is 22.3 Å². The molecule has 2 rings (SSSR count). The smallest absolute Gasteiger partial charge is 0.167 e. The molecule has 0 spiro atoms. The van der Waals surface area contributed by atoms with Crippen molar-refractivity contribution in [3.63, 3.8) is 0 Å². The molecule has 2 heteroatoms. The molecular formula is C10H11NO. The van der Waals surface area contributed by atoms with Gasteiger partial charge in [-0.3, -0.25) is 4.79 Å². The highest BCUT2D eigenvalue weighted by Gasteiger charge is 2.10. The number of rotatable bonds is 0. The van der Waals surface area contributed by atoms with E-state index in [0.717, 1.165) is 11.1 Å². The average molecular weight is 161 g/mol. The zero-order valence-electron chi connectivity index (χ0n) is 6.79. The number of Topliss-reactive ketones (excluding diaryl/α,β-unsaturated/α-hetero) is 1. The molecule has 1 aliphatic carbocycles. The minimum absolute atomic E-state index is 0. The van der Waals surface area contributed by atoms with Crippen molar-refractivity contribution in [1.82, 2.24) is 6.15 Å². The molecule has 0 atom stereocenters. The van der Waals surface area contributed by atoms with Gasteiger partial charge in [0.15, 0.2) is 5.78 Å². The van der Waals surface area contributed by atoms with Gasteiger partial charge in [-0.15, -0.1) is 0 Å². The number of hydrogen-bond acceptors (Lipinski definition) is 2. The first-order valence-corrected chi connectivity index (χ1v) is 3.67. The fraction of sp³-hybridized carbons (Fsp3) is 0.100. The summed E-state index contributed by atoms with van der Waals surface area (Å²) in [4.78, 5) is 11.2. The van der Waals surface area contributed by atoms with E-state index in [1.165, 1.54) is 0 Å². The lowest BCUT2D eigenvalue weighted by atomic mass is 9.97. The molecule has 1 aromatic rings. The van der Waals surface area contributed by atoms with Gasteiger partial charge >= 0.3 is 0 Å². The Bertz CT molecular complexity index is 328. The minimum Gasteiger partial charge on any atom is -0.344 e. The largest absolute Gasteiger partial charge is 0.344 e. The van der Waals surface area contributed by atoms with E-state index in [1.54, 1.807) is 0 Å². The van der Waals surface area contributed by atoms with E-state index in [-0.39, 0.29) is 11.9 Å². The lowest BCUT2D eigenvalue weighted by Gasteiger charge is -2.07. The van der Waals surface area contributed by atoms with Crippen molar-refractivity contribution in [2.45, 2.75) is 6.42 Å². The van der Waals surface area contributed by atoms with Crippen LogP contribution in [0, 0.1) is 0 Å². The second-order valence-corrected chi connectivity index (χ2v) is 2.62. The summed E-state index contributed by atoms with van der Waals surface area (Å²) in [5.74, 6) is 0.225. The summed E-state index contributed by atoms with van der Waals surface area (Å²) < 4.78 is 0. The summed E-state index contributed by atoms with van der Waals surface area (Å²) >= 11 is 0. The fourth-order valence-electron chi connectivity index (χ4n) is 1.30. The number of allylic oxidation sites excluding steroid dienone is 1. The van der Waals surface area contributed by atoms with Crippen LogP contribution in [-0.4, -0.2) is 5.78 Å². The molecule has 0 aromatic heterocycles. The third-order valence-corrected chi connectivity index (χ3v) is 1.86. The van der Waals surface area contributed by atoms with E-state index in [0.29, 0.717) is 6.42 Å². The molecule has 0 unspecified atom stereocenters. The van der Waals surface area contributed by atoms with E-state index in [9.17, 15) is 4.79 Å². The van der Waals surface area contributed by atoms with Gasteiger partial charge in [0.1, 0.15) is 0 Å². The van der Waals surface area contributed by atoms with Gasteiger partial charge in [-0.05, 0) is 5.56 Å². The first-order chi connectivity index (χ1) is 5.38. The van der Waals surface area contributed by atoms with Crippen molar-refractivity contribution in [1.29, 1.82) is 0 Å². The van der Waals surface area contributed by atoms with Crippen LogP contribution in [0.25, 0.3) is 6.08 Å². The second kappa shape index (κ2) is 3.32. The number of carbonyl (C=O) groups is 1. The van der Waals surface area contributed by atoms with Crippen molar-refractivity contribution in [3.8, 4) is 0 Å². The summed E-state index contributed by atoms with van der Waals surface area (Å²) in [6, 6.07) is 7.68. The number of hydrogen-bond donors (Lipinski definition) is 1. The minimum atomic E-state index is 0. The Kier molecular flexibility index (Phi) is 2.41. The highest BCUT2D eigenvalue weighted by molar-refractivity contribution is 6.02. The van der Waals surface area contributed by atoms with Gasteiger partial charge in [0, 0.05) is 12.0 Å². The predicted octanol–water partition coefficient (Wildman–Crippen LogP) is 2.45. The van der Waals surface area contributed by atoms with Gasteiger partial charge in [0.2, 0.25) is 0 Å². The van der Waals surface area contributed by atoms with Gasteiger partial charge < -0.3 is 6.15 Å². The molecule has 0 aliphatic heterocycles. The zero-order valence-corrected chi connectivity index (χ0v) is 6.79. The molecule has 0 heterocycles. The van der Waals surface area contributed by atoms with Crippen LogP contribution in [-0.2, 0) is 0 Å². The van der Waals surface area contributed by atoms with Crippen LogP contribution in [0.4, 0.5) is 0 Å². The normalized spacial score (nSPS) is 13.5. The Morgan fingerprint density at radius 3 is 2.67 bits per heavy atom. The Balaban J connectivity index is 0.000000720. The van der Waals surface area contributed by atoms with Gasteiger partial charge in [0.25, 0.3) is 0 Å². The van der Waals surface area contributed by atoms with Gasteiger partial charge in [0.05, 0.1) is 0 Å². The maximum absolute atomic E-state index is 11.2. The quantitative estimate of drug-likeness (QED) is 0.635. The molecule has 0 amide bonds. The number of fused-ring (bicyclic) bond motifs is 1. The molecule has 12 heavy (non-hydrogen) atoms. The molecule has 62 valence electrons. The fourth-order valence-corrected chi connectivity index (χ4v) is 1.30. The van der Waals surface area contributed by atoms with Gasteiger partial charge in [-0.1, -0.05) is 36.4 Å². The summed E-state index contributed by atoms with van der Waals surface area (Å²) in [6.07, 6.45) is 4.46. The first kappa shape index (κ1) is 8.68. The van der Waals surface area contributed by atoms with Crippen molar-refractivity contribution in [3.05, 3.63) is 41.5 Å². The molecule has 0 saturated heterocycles. The van der Waals surface area contributed by atoms with Crippen LogP contribution in [0.3, 0.4) is 0 Å². The third kappa shape index (κ3) is 1.29. The summed E-state index contributed by atoms with van der Waals surface area (Å²) in [5, 5.41) is 0. The van der Waals surface area contributed by atoms with Crippen LogP contribution >= 0.6 is 0 Å². The van der Waals surface area contributed by atoms with Crippen molar-refractivity contribution in [2.24, 2.45) is 0 Å². The zero-order chi connectivity index (χ0) is 7.68. The highest BCUT2D eigenvalue weighted by atomic mass is 16.1. The Hall–Kier alpha value is -1.41. The van der Waals surface area contributed by atoms with E-state index in [2.05, 4.69) is 0 Å². The van der Waals surface area contributed by atoms with Crippen molar-refractivity contribution in [2.75, 3.05) is 0 Å². The van der Waals surface area contributed by atoms with E-state index < -0.39 is 0 Å². The number of ketones is 1. The van der Waals surface area contributed by atoms with Crippen molar-refractivity contribution < 1.29 is 4.79 Å². The summed E-state index contributed by atoms with van der Waals surface area (Å²) in [7, 11) is 0. The Morgan fingerprint density at radius 2 is 1.92 bits per heavy atom. The topological polar surface area (TPSA) is 52.1 Å². The monoisotopic (exact) mass is 161 g/mol. The number of carbonyl (C=O) groups excluding carboxylic acids is 1. The lowest BCUT2D eigenvalue weighted by molar-refractivity contribution is 0.0994. The SMILES string of the molecule is N.O=C1CC=Cc2ccccc21. The molecule has 0 bridgehead atoms. The van der Waals surface area contributed by atoms with E-state index in [1.807, 2.05) is 36.4 Å². The van der Waals surface area contributed by atoms with Gasteiger partial charge in [-0.25, -0.2) is 0 Å². The van der Waals surface area contributed by atoms with Crippen LogP contribution in [0.5, 0.6) is 0 Å². The predicted molar refractivity (Wildman–Crippen MR) is 49.4 cm³/mol. The third-order valence-electron chi connectivity index (χ3n) is 1.86. The maximum atomic E-state index is 11.2. The van der Waals surface area contributed by atoms with Gasteiger partial charge in [-0.2, -0.15) is 0 Å². The van der Waals surface area contributed by atoms with Crippen LogP contribution < -0.4 is 6.15 Å². The molecule has 0 saturated carbocycles. The van der Waals surface area contributed by atoms with Crippen LogP contribution in [0.2, 0.25) is 0 Å². The molecule has 1 aromatic carbocycles. The molecule has 3 N–H and O–H groups in total. The van der Waals surface area contributed by atoms with E-state index in [4.69, 9.17) is 0 Å². The van der Waals surface area contributed by atoms with Crippen molar-refractivity contribution >= 4 is 11.9 Å².